The number of rotatable bonds is 3. The molecule has 0 aliphatic heterocycles. The second kappa shape index (κ2) is 3.22. The molecule has 0 aromatic rings. The lowest BCUT2D eigenvalue weighted by molar-refractivity contribution is -0.158. The van der Waals surface area contributed by atoms with E-state index in [1.165, 1.54) is 6.92 Å². The Bertz CT molecular complexity index is 149. The number of aliphatic hydroxyl groups is 1. The van der Waals surface area contributed by atoms with E-state index in [1.807, 2.05) is 6.92 Å². The summed E-state index contributed by atoms with van der Waals surface area (Å²) in [5, 5.41) is 8.80. The molecule has 0 saturated heterocycles. The molecule has 11 heavy (non-hydrogen) atoms. The van der Waals surface area contributed by atoms with E-state index in [9.17, 15) is 4.79 Å². The van der Waals surface area contributed by atoms with Gasteiger partial charge in [-0.05, 0) is 32.6 Å². The van der Waals surface area contributed by atoms with Gasteiger partial charge in [-0.2, -0.15) is 0 Å². The van der Waals surface area contributed by atoms with Crippen molar-refractivity contribution in [3.63, 3.8) is 0 Å². The fraction of sp³-hybridized carbons (Fsp3) is 0.875. The maximum Gasteiger partial charge on any atom is 0.334 e. The van der Waals surface area contributed by atoms with E-state index >= 15 is 0 Å². The van der Waals surface area contributed by atoms with Crippen molar-refractivity contribution in [1.29, 1.82) is 0 Å². The molecule has 0 unspecified atom stereocenters. The molecule has 0 bridgehead atoms. The highest BCUT2D eigenvalue weighted by atomic mass is 16.6. The second-order valence-electron chi connectivity index (χ2n) is 3.16. The maximum atomic E-state index is 10.8. The number of ether oxygens (including phenoxy) is 1. The van der Waals surface area contributed by atoms with Crippen LogP contribution >= 0.6 is 0 Å². The zero-order valence-corrected chi connectivity index (χ0v) is 6.91. The molecule has 1 rings (SSSR count). The highest BCUT2D eigenvalue weighted by Gasteiger charge is 2.31. The Labute approximate surface area is 66.4 Å². The van der Waals surface area contributed by atoms with Gasteiger partial charge in [0.05, 0.1) is 0 Å². The van der Waals surface area contributed by atoms with Crippen LogP contribution < -0.4 is 0 Å². The Morgan fingerprint density at radius 3 is 2.45 bits per heavy atom. The normalized spacial score (nSPS) is 22.5. The predicted molar refractivity (Wildman–Crippen MR) is 40.0 cm³/mol. The Morgan fingerprint density at radius 2 is 2.09 bits per heavy atom. The summed E-state index contributed by atoms with van der Waals surface area (Å²) in [7, 11) is 0. The highest BCUT2D eigenvalue weighted by molar-refractivity contribution is 5.73. The third-order valence-corrected chi connectivity index (χ3v) is 1.93. The summed E-state index contributed by atoms with van der Waals surface area (Å²) in [6.45, 7) is 3.29. The molecule has 1 saturated carbocycles. The summed E-state index contributed by atoms with van der Waals surface area (Å²) >= 11 is 0. The minimum Gasteiger partial charge on any atom is -0.460 e. The van der Waals surface area contributed by atoms with Crippen LogP contribution in [0.15, 0.2) is 0 Å². The monoisotopic (exact) mass is 158 g/mol. The molecule has 1 aliphatic rings. The van der Waals surface area contributed by atoms with Crippen molar-refractivity contribution < 1.29 is 14.6 Å². The molecule has 0 radical (unpaired) electrons. The van der Waals surface area contributed by atoms with Gasteiger partial charge in [0, 0.05) is 0 Å². The zero-order chi connectivity index (χ0) is 8.43. The molecule has 0 heterocycles. The number of carbonyl (C=O) groups excluding carboxylic acids is 1. The molecule has 3 heteroatoms. The Hall–Kier alpha value is -0.570. The first-order valence-corrected chi connectivity index (χ1v) is 4.00. The van der Waals surface area contributed by atoms with Gasteiger partial charge in [-0.1, -0.05) is 0 Å². The van der Waals surface area contributed by atoms with Gasteiger partial charge in [0.15, 0.2) is 0 Å². The summed E-state index contributed by atoms with van der Waals surface area (Å²) in [4.78, 5) is 10.8. The van der Waals surface area contributed by atoms with Crippen LogP contribution in [0, 0.1) is 5.92 Å². The number of carbonyl (C=O) groups is 1. The van der Waals surface area contributed by atoms with Gasteiger partial charge in [-0.3, -0.25) is 0 Å². The van der Waals surface area contributed by atoms with Gasteiger partial charge in [-0.25, -0.2) is 4.79 Å². The van der Waals surface area contributed by atoms with E-state index in [4.69, 9.17) is 9.84 Å². The standard InChI is InChI=1S/C8H14O3/c1-5(9)8(10)11-6(2)7-3-4-7/h5-7,9H,3-4H2,1-2H3/t5-,6-/m1/s1. The van der Waals surface area contributed by atoms with Gasteiger partial charge >= 0.3 is 5.97 Å². The fourth-order valence-corrected chi connectivity index (χ4v) is 0.944. The minimum atomic E-state index is -0.990. The lowest BCUT2D eigenvalue weighted by Gasteiger charge is -2.12. The van der Waals surface area contributed by atoms with Crippen LogP contribution in [0.3, 0.4) is 0 Å². The summed E-state index contributed by atoms with van der Waals surface area (Å²) in [6.07, 6.45) is 1.29. The fourth-order valence-electron chi connectivity index (χ4n) is 0.944. The molecule has 1 fully saturated rings. The van der Waals surface area contributed by atoms with Gasteiger partial charge in [-0.15, -0.1) is 0 Å². The first-order chi connectivity index (χ1) is 5.11. The summed E-state index contributed by atoms with van der Waals surface area (Å²) in [6, 6.07) is 0. The van der Waals surface area contributed by atoms with E-state index in [0.717, 1.165) is 12.8 Å². The van der Waals surface area contributed by atoms with Gasteiger partial charge in [0.1, 0.15) is 12.2 Å². The van der Waals surface area contributed by atoms with Crippen molar-refractivity contribution >= 4 is 5.97 Å². The van der Waals surface area contributed by atoms with E-state index < -0.39 is 12.1 Å². The summed E-state index contributed by atoms with van der Waals surface area (Å²) < 4.78 is 4.95. The van der Waals surface area contributed by atoms with Crippen LogP contribution in [0.25, 0.3) is 0 Å². The van der Waals surface area contributed by atoms with E-state index in [0.29, 0.717) is 5.92 Å². The van der Waals surface area contributed by atoms with Crippen molar-refractivity contribution in [2.75, 3.05) is 0 Å². The smallest absolute Gasteiger partial charge is 0.334 e. The maximum absolute atomic E-state index is 10.8. The Morgan fingerprint density at radius 1 is 1.55 bits per heavy atom. The topological polar surface area (TPSA) is 46.5 Å². The number of hydrogen-bond acceptors (Lipinski definition) is 3. The van der Waals surface area contributed by atoms with Gasteiger partial charge < -0.3 is 9.84 Å². The molecule has 0 spiro atoms. The Kier molecular flexibility index (Phi) is 2.49. The van der Waals surface area contributed by atoms with Crippen LogP contribution in [0.5, 0.6) is 0 Å². The molecule has 0 aromatic heterocycles. The predicted octanol–water partition coefficient (Wildman–Crippen LogP) is 0.709. The lowest BCUT2D eigenvalue weighted by atomic mass is 10.2. The molecular weight excluding hydrogens is 144 g/mol. The third-order valence-electron chi connectivity index (χ3n) is 1.93. The first kappa shape index (κ1) is 8.53. The largest absolute Gasteiger partial charge is 0.460 e. The molecule has 3 nitrogen and oxygen atoms in total. The van der Waals surface area contributed by atoms with Crippen molar-refractivity contribution in [3.8, 4) is 0 Å². The average Bonchev–Trinajstić information content (AvgIpc) is 2.67. The highest BCUT2D eigenvalue weighted by Crippen LogP contribution is 2.34. The van der Waals surface area contributed by atoms with E-state index in [-0.39, 0.29) is 6.10 Å². The molecule has 1 N–H and O–H groups in total. The second-order valence-corrected chi connectivity index (χ2v) is 3.16. The third kappa shape index (κ3) is 2.50. The summed E-state index contributed by atoms with van der Waals surface area (Å²) in [5.41, 5.74) is 0. The lowest BCUT2D eigenvalue weighted by Crippen LogP contribution is -2.25. The van der Waals surface area contributed by atoms with Crippen molar-refractivity contribution in [2.45, 2.75) is 38.9 Å². The molecule has 2 atom stereocenters. The SMILES string of the molecule is C[C@@H](O)C(=O)O[C@H](C)C1CC1. The average molecular weight is 158 g/mol. The van der Waals surface area contributed by atoms with Crippen LogP contribution in [0.2, 0.25) is 0 Å². The van der Waals surface area contributed by atoms with Gasteiger partial charge in [0.2, 0.25) is 0 Å². The van der Waals surface area contributed by atoms with Crippen molar-refractivity contribution in [3.05, 3.63) is 0 Å². The Balaban J connectivity index is 2.23. The molecule has 0 amide bonds. The summed E-state index contributed by atoms with van der Waals surface area (Å²) in [5.74, 6) is 0.0297. The zero-order valence-electron chi connectivity index (χ0n) is 6.91. The first-order valence-electron chi connectivity index (χ1n) is 4.00. The van der Waals surface area contributed by atoms with Crippen LogP contribution in [0.1, 0.15) is 26.7 Å². The van der Waals surface area contributed by atoms with Crippen LogP contribution in [0.4, 0.5) is 0 Å². The van der Waals surface area contributed by atoms with Crippen molar-refractivity contribution in [2.24, 2.45) is 5.92 Å². The quantitative estimate of drug-likeness (QED) is 0.615. The number of esters is 1. The minimum absolute atomic E-state index is 0.0166. The molecular formula is C8H14O3. The number of hydrogen-bond donors (Lipinski definition) is 1. The van der Waals surface area contributed by atoms with Crippen LogP contribution in [-0.4, -0.2) is 23.3 Å². The van der Waals surface area contributed by atoms with Crippen LogP contribution in [-0.2, 0) is 9.53 Å². The van der Waals surface area contributed by atoms with E-state index in [1.54, 1.807) is 0 Å². The molecule has 0 aromatic carbocycles. The molecule has 64 valence electrons. The van der Waals surface area contributed by atoms with E-state index in [2.05, 4.69) is 0 Å². The van der Waals surface area contributed by atoms with Crippen molar-refractivity contribution in [1.82, 2.24) is 0 Å². The number of aliphatic hydroxyl groups excluding tert-OH is 1. The van der Waals surface area contributed by atoms with Gasteiger partial charge in [0.25, 0.3) is 0 Å². The molecule has 1 aliphatic carbocycles.